The van der Waals surface area contributed by atoms with Gasteiger partial charge in [-0.2, -0.15) is 0 Å². The smallest absolute Gasteiger partial charge is 0.0345 e. The molecule has 0 amide bonds. The van der Waals surface area contributed by atoms with E-state index < -0.39 is 0 Å². The molecule has 1 aromatic carbocycles. The van der Waals surface area contributed by atoms with Crippen LogP contribution in [0.1, 0.15) is 31.4 Å². The molecule has 3 heteroatoms. The highest BCUT2D eigenvalue weighted by Gasteiger charge is 2.17. The Balaban J connectivity index is 1.88. The van der Waals surface area contributed by atoms with Gasteiger partial charge in [0.2, 0.25) is 0 Å². The van der Waals surface area contributed by atoms with Gasteiger partial charge in [-0.3, -0.25) is 9.80 Å². The average Bonchev–Trinajstić information content (AvgIpc) is 2.52. The summed E-state index contributed by atoms with van der Waals surface area (Å²) in [7, 11) is 2.27. The Labute approximate surface area is 124 Å². The van der Waals surface area contributed by atoms with Gasteiger partial charge >= 0.3 is 0 Å². The van der Waals surface area contributed by atoms with Crippen molar-refractivity contribution in [1.82, 2.24) is 15.1 Å². The Morgan fingerprint density at radius 1 is 1.20 bits per heavy atom. The van der Waals surface area contributed by atoms with Crippen LogP contribution in [-0.2, 0) is 0 Å². The Kier molecular flexibility index (Phi) is 6.51. The van der Waals surface area contributed by atoms with Crippen molar-refractivity contribution in [2.45, 2.75) is 25.8 Å². The number of hydrogen-bond acceptors (Lipinski definition) is 3. The molecule has 0 aromatic heterocycles. The fraction of sp³-hybridized carbons (Fsp3) is 0.647. The lowest BCUT2D eigenvalue weighted by Crippen LogP contribution is -2.46. The van der Waals surface area contributed by atoms with Gasteiger partial charge in [0.25, 0.3) is 0 Å². The Hall–Kier alpha value is -0.900. The van der Waals surface area contributed by atoms with E-state index in [1.807, 2.05) is 0 Å². The number of rotatable bonds is 7. The van der Waals surface area contributed by atoms with Gasteiger partial charge in [-0.15, -0.1) is 0 Å². The highest BCUT2D eigenvalue weighted by atomic mass is 15.2. The van der Waals surface area contributed by atoms with Crippen LogP contribution in [0.2, 0.25) is 0 Å². The summed E-state index contributed by atoms with van der Waals surface area (Å²) in [5.74, 6) is 0. The summed E-state index contributed by atoms with van der Waals surface area (Å²) in [5, 5.41) is 3.42. The summed E-state index contributed by atoms with van der Waals surface area (Å²) < 4.78 is 0. The quantitative estimate of drug-likeness (QED) is 0.824. The highest BCUT2D eigenvalue weighted by molar-refractivity contribution is 5.18. The van der Waals surface area contributed by atoms with Crippen molar-refractivity contribution in [3.8, 4) is 0 Å². The number of nitrogens with one attached hydrogen (secondary N) is 1. The van der Waals surface area contributed by atoms with E-state index in [9.17, 15) is 0 Å². The number of hydrogen-bond donors (Lipinski definition) is 1. The summed E-state index contributed by atoms with van der Waals surface area (Å²) in [6, 6.07) is 11.5. The van der Waals surface area contributed by atoms with E-state index in [-0.39, 0.29) is 0 Å². The van der Waals surface area contributed by atoms with Gasteiger partial charge in [-0.05, 0) is 19.0 Å². The molecule has 1 aromatic rings. The zero-order chi connectivity index (χ0) is 14.2. The van der Waals surface area contributed by atoms with E-state index in [2.05, 4.69) is 59.4 Å². The minimum absolute atomic E-state index is 0.559. The normalized spacial score (nSPS) is 18.4. The lowest BCUT2D eigenvalue weighted by atomic mass is 10.0. The molecule has 1 fully saturated rings. The lowest BCUT2D eigenvalue weighted by Gasteiger charge is -2.32. The van der Waals surface area contributed by atoms with Crippen LogP contribution in [0, 0.1) is 0 Å². The van der Waals surface area contributed by atoms with Gasteiger partial charge in [-0.25, -0.2) is 0 Å². The molecular formula is C17H29N3. The van der Waals surface area contributed by atoms with Gasteiger partial charge in [0.05, 0.1) is 0 Å². The number of nitrogens with zero attached hydrogens (tertiary/aromatic N) is 2. The fourth-order valence-electron chi connectivity index (χ4n) is 2.98. The molecule has 0 spiro atoms. The van der Waals surface area contributed by atoms with E-state index in [1.165, 1.54) is 38.0 Å². The van der Waals surface area contributed by atoms with Crippen LogP contribution in [0.4, 0.5) is 0 Å². The second-order valence-electron chi connectivity index (χ2n) is 5.79. The molecule has 1 aliphatic rings. The predicted octanol–water partition coefficient (Wildman–Crippen LogP) is 2.36. The predicted molar refractivity (Wildman–Crippen MR) is 86.0 cm³/mol. The maximum atomic E-state index is 3.42. The monoisotopic (exact) mass is 275 g/mol. The van der Waals surface area contributed by atoms with Gasteiger partial charge in [0.1, 0.15) is 0 Å². The maximum absolute atomic E-state index is 3.42. The van der Waals surface area contributed by atoms with Crippen LogP contribution in [0.5, 0.6) is 0 Å². The third kappa shape index (κ3) is 4.58. The van der Waals surface area contributed by atoms with Crippen molar-refractivity contribution >= 4 is 0 Å². The molecule has 1 aliphatic heterocycles. The van der Waals surface area contributed by atoms with Gasteiger partial charge in [-0.1, -0.05) is 43.7 Å². The second-order valence-corrected chi connectivity index (χ2v) is 5.79. The molecule has 1 unspecified atom stereocenters. The number of likely N-dealkylation sites (N-methyl/N-ethyl adjacent to an activating group) is 1. The first-order valence-corrected chi connectivity index (χ1v) is 7.99. The minimum Gasteiger partial charge on any atom is -0.314 e. The first-order valence-electron chi connectivity index (χ1n) is 7.99. The van der Waals surface area contributed by atoms with Gasteiger partial charge < -0.3 is 5.32 Å². The minimum atomic E-state index is 0.559. The van der Waals surface area contributed by atoms with Crippen molar-refractivity contribution in [2.75, 3.05) is 46.3 Å². The van der Waals surface area contributed by atoms with Gasteiger partial charge in [0.15, 0.2) is 0 Å². The standard InChI is InChI=1S/C17H29N3/c1-3-7-17(16-8-5-4-6-9-16)19(2)14-15-20-12-10-18-11-13-20/h4-6,8-9,17-18H,3,7,10-15H2,1-2H3. The molecule has 1 heterocycles. The molecule has 0 saturated carbocycles. The molecule has 1 saturated heterocycles. The van der Waals surface area contributed by atoms with E-state index in [1.54, 1.807) is 0 Å². The van der Waals surface area contributed by atoms with Crippen LogP contribution in [0.3, 0.4) is 0 Å². The topological polar surface area (TPSA) is 18.5 Å². The lowest BCUT2D eigenvalue weighted by molar-refractivity contribution is 0.171. The molecule has 0 radical (unpaired) electrons. The van der Waals surface area contributed by atoms with Crippen molar-refractivity contribution in [1.29, 1.82) is 0 Å². The molecule has 3 nitrogen and oxygen atoms in total. The summed E-state index contributed by atoms with van der Waals surface area (Å²) in [5.41, 5.74) is 1.46. The molecule has 0 aliphatic carbocycles. The first kappa shape index (κ1) is 15.5. The number of benzene rings is 1. The SMILES string of the molecule is CCCC(c1ccccc1)N(C)CCN1CCNCC1. The molecule has 2 rings (SSSR count). The molecule has 20 heavy (non-hydrogen) atoms. The van der Waals surface area contributed by atoms with Crippen LogP contribution in [0.25, 0.3) is 0 Å². The summed E-state index contributed by atoms with van der Waals surface area (Å²) in [6.45, 7) is 9.28. The van der Waals surface area contributed by atoms with Crippen LogP contribution in [-0.4, -0.2) is 56.1 Å². The highest BCUT2D eigenvalue weighted by Crippen LogP contribution is 2.24. The van der Waals surface area contributed by atoms with Crippen molar-refractivity contribution in [3.05, 3.63) is 35.9 Å². The average molecular weight is 275 g/mol. The second kappa shape index (κ2) is 8.40. The van der Waals surface area contributed by atoms with Crippen molar-refractivity contribution in [2.24, 2.45) is 0 Å². The van der Waals surface area contributed by atoms with Crippen molar-refractivity contribution in [3.63, 3.8) is 0 Å². The third-order valence-electron chi connectivity index (χ3n) is 4.26. The zero-order valence-electron chi connectivity index (χ0n) is 13.0. The van der Waals surface area contributed by atoms with Crippen LogP contribution < -0.4 is 5.32 Å². The Bertz CT molecular complexity index is 360. The van der Waals surface area contributed by atoms with E-state index >= 15 is 0 Å². The number of piperazine rings is 1. The Morgan fingerprint density at radius 2 is 1.90 bits per heavy atom. The summed E-state index contributed by atoms with van der Waals surface area (Å²) in [4.78, 5) is 5.10. The largest absolute Gasteiger partial charge is 0.314 e. The van der Waals surface area contributed by atoms with Crippen LogP contribution in [0.15, 0.2) is 30.3 Å². The fourth-order valence-corrected chi connectivity index (χ4v) is 2.98. The van der Waals surface area contributed by atoms with E-state index in [4.69, 9.17) is 0 Å². The summed E-state index contributed by atoms with van der Waals surface area (Å²) >= 11 is 0. The van der Waals surface area contributed by atoms with Gasteiger partial charge in [0, 0.05) is 45.3 Å². The summed E-state index contributed by atoms with van der Waals surface area (Å²) in [6.07, 6.45) is 2.47. The molecule has 1 atom stereocenters. The maximum Gasteiger partial charge on any atom is 0.0345 e. The molecule has 0 bridgehead atoms. The van der Waals surface area contributed by atoms with Crippen molar-refractivity contribution < 1.29 is 0 Å². The molecule has 1 N–H and O–H groups in total. The van der Waals surface area contributed by atoms with E-state index in [0.29, 0.717) is 6.04 Å². The molecular weight excluding hydrogens is 246 g/mol. The zero-order valence-corrected chi connectivity index (χ0v) is 13.0. The Morgan fingerprint density at radius 3 is 2.55 bits per heavy atom. The third-order valence-corrected chi connectivity index (χ3v) is 4.26. The van der Waals surface area contributed by atoms with E-state index in [0.717, 1.165) is 19.6 Å². The van der Waals surface area contributed by atoms with Crippen LogP contribution >= 0.6 is 0 Å². The first-order chi connectivity index (χ1) is 9.81. The molecule has 112 valence electrons.